The van der Waals surface area contributed by atoms with Crippen LogP contribution in [0.25, 0.3) is 0 Å². The molecule has 2 heterocycles. The number of halogens is 3. The van der Waals surface area contributed by atoms with Crippen molar-refractivity contribution in [1.29, 1.82) is 0 Å². The largest absolute Gasteiger partial charge is 0.416 e. The predicted octanol–water partition coefficient (Wildman–Crippen LogP) is 7.12. The van der Waals surface area contributed by atoms with Crippen LogP contribution >= 0.6 is 0 Å². The van der Waals surface area contributed by atoms with E-state index in [0.717, 1.165) is 66.2 Å². The van der Waals surface area contributed by atoms with Crippen molar-refractivity contribution in [2.24, 2.45) is 5.41 Å². The lowest BCUT2D eigenvalue weighted by molar-refractivity contribution is -0.137. The maximum absolute atomic E-state index is 13.5. The molecule has 1 aliphatic heterocycles. The lowest BCUT2D eigenvalue weighted by Gasteiger charge is -2.38. The third-order valence-electron chi connectivity index (χ3n) is 7.64. The molecule has 178 valence electrons. The van der Waals surface area contributed by atoms with Crippen LogP contribution in [0.3, 0.4) is 0 Å². The van der Waals surface area contributed by atoms with Crippen LogP contribution in [0.2, 0.25) is 0 Å². The summed E-state index contributed by atoms with van der Waals surface area (Å²) in [6.45, 7) is 8.44. The van der Waals surface area contributed by atoms with Crippen molar-refractivity contribution in [2.45, 2.75) is 96.1 Å². The number of benzene rings is 1. The Labute approximate surface area is 193 Å². The van der Waals surface area contributed by atoms with Gasteiger partial charge in [0.1, 0.15) is 6.10 Å². The van der Waals surface area contributed by atoms with E-state index in [2.05, 4.69) is 27.7 Å². The van der Waals surface area contributed by atoms with Crippen LogP contribution in [0, 0.1) is 5.41 Å². The summed E-state index contributed by atoms with van der Waals surface area (Å²) in [5.74, 6) is 0.0830. The van der Waals surface area contributed by atoms with Crippen LogP contribution in [0.5, 0.6) is 0 Å². The second-order valence-electron chi connectivity index (χ2n) is 11.2. The number of alkyl halides is 3. The fraction of sp³-hybridized carbons (Fsp3) is 0.593. The number of fused-ring (bicyclic) bond motifs is 4. The highest BCUT2D eigenvalue weighted by Crippen LogP contribution is 2.59. The fourth-order valence-electron chi connectivity index (χ4n) is 6.29. The molecule has 1 saturated carbocycles. The maximum Gasteiger partial charge on any atom is 0.416 e. The second kappa shape index (κ2) is 7.54. The summed E-state index contributed by atoms with van der Waals surface area (Å²) in [6.07, 6.45) is -0.617. The van der Waals surface area contributed by atoms with Crippen LogP contribution < -0.4 is 0 Å². The van der Waals surface area contributed by atoms with Gasteiger partial charge < -0.3 is 9.84 Å². The van der Waals surface area contributed by atoms with Crippen molar-refractivity contribution < 1.29 is 23.0 Å². The normalized spacial score (nSPS) is 25.5. The molecule has 2 atom stereocenters. The van der Waals surface area contributed by atoms with Crippen molar-refractivity contribution in [3.63, 3.8) is 0 Å². The minimum atomic E-state index is -4.42. The van der Waals surface area contributed by atoms with Gasteiger partial charge in [0.15, 0.2) is 0 Å². The van der Waals surface area contributed by atoms with Gasteiger partial charge in [0.25, 0.3) is 0 Å². The lowest BCUT2D eigenvalue weighted by Crippen LogP contribution is -2.32. The van der Waals surface area contributed by atoms with Gasteiger partial charge >= 0.3 is 6.18 Å². The quantitative estimate of drug-likeness (QED) is 0.520. The van der Waals surface area contributed by atoms with E-state index in [4.69, 9.17) is 9.72 Å². The third kappa shape index (κ3) is 3.70. The number of nitrogens with zero attached hydrogens (tertiary/aromatic N) is 1. The first-order valence-electron chi connectivity index (χ1n) is 12.0. The minimum Gasteiger partial charge on any atom is -0.388 e. The molecule has 2 aromatic rings. The number of pyridine rings is 1. The Morgan fingerprint density at radius 2 is 1.82 bits per heavy atom. The summed E-state index contributed by atoms with van der Waals surface area (Å²) in [4.78, 5) is 5.07. The molecule has 1 spiro atoms. The van der Waals surface area contributed by atoms with E-state index < -0.39 is 29.5 Å². The Hall–Kier alpha value is -1.92. The third-order valence-corrected chi connectivity index (χ3v) is 7.64. The van der Waals surface area contributed by atoms with E-state index in [-0.39, 0.29) is 11.3 Å². The van der Waals surface area contributed by atoms with E-state index >= 15 is 0 Å². The highest BCUT2D eigenvalue weighted by Gasteiger charge is 2.52. The number of aliphatic hydroxyl groups is 1. The molecule has 6 heteroatoms. The molecule has 1 fully saturated rings. The SMILES string of the molecule is CC(C)c1nc2c(c3c1[C@@H](c1cccc(C(F)(F)F)c1)OC31CCCC1)C(O)CC(C)(C)C2. The summed E-state index contributed by atoms with van der Waals surface area (Å²) >= 11 is 0. The first-order chi connectivity index (χ1) is 15.4. The Morgan fingerprint density at radius 1 is 1.12 bits per heavy atom. The van der Waals surface area contributed by atoms with Gasteiger partial charge in [0.05, 0.1) is 17.3 Å². The summed E-state index contributed by atoms with van der Waals surface area (Å²) in [6, 6.07) is 5.50. The zero-order valence-corrected chi connectivity index (χ0v) is 19.7. The molecule has 0 radical (unpaired) electrons. The van der Waals surface area contributed by atoms with Crippen LogP contribution in [0.4, 0.5) is 13.2 Å². The zero-order valence-electron chi connectivity index (χ0n) is 19.7. The number of ether oxygens (including phenoxy) is 1. The van der Waals surface area contributed by atoms with Gasteiger partial charge in [-0.25, -0.2) is 0 Å². The summed E-state index contributed by atoms with van der Waals surface area (Å²) in [5, 5.41) is 11.3. The summed E-state index contributed by atoms with van der Waals surface area (Å²) in [7, 11) is 0. The average Bonchev–Trinajstić information content (AvgIpc) is 3.31. The standard InChI is InChI=1S/C27H32F3NO2/c1-15(2)23-21-22(20-18(31-23)13-25(3,4)14-19(20)32)26(10-5-6-11-26)33-24(21)16-8-7-9-17(12-16)27(28,29)30/h7-9,12,15,19,24,32H,5-6,10-11,13-14H2,1-4H3/t19?,24-/m1/s1. The average molecular weight is 460 g/mol. The van der Waals surface area contributed by atoms with Gasteiger partial charge in [-0.05, 0) is 60.3 Å². The Balaban J connectivity index is 1.77. The molecule has 1 N–H and O–H groups in total. The Morgan fingerprint density at radius 3 is 2.45 bits per heavy atom. The van der Waals surface area contributed by atoms with Crippen LogP contribution in [0.15, 0.2) is 24.3 Å². The number of hydrogen-bond donors (Lipinski definition) is 1. The summed E-state index contributed by atoms with van der Waals surface area (Å²) in [5.41, 5.74) is 3.83. The molecular formula is C27H32F3NO2. The van der Waals surface area contributed by atoms with Gasteiger partial charge in [0, 0.05) is 22.5 Å². The van der Waals surface area contributed by atoms with Crippen molar-refractivity contribution in [3.05, 3.63) is 63.5 Å². The first-order valence-corrected chi connectivity index (χ1v) is 12.0. The molecule has 1 unspecified atom stereocenters. The molecule has 0 amide bonds. The molecule has 1 aromatic carbocycles. The second-order valence-corrected chi connectivity index (χ2v) is 11.2. The van der Waals surface area contributed by atoms with Crippen LogP contribution in [0.1, 0.15) is 117 Å². The van der Waals surface area contributed by atoms with E-state index in [9.17, 15) is 18.3 Å². The summed E-state index contributed by atoms with van der Waals surface area (Å²) < 4.78 is 47.3. The van der Waals surface area contributed by atoms with Gasteiger partial charge in [-0.3, -0.25) is 4.98 Å². The monoisotopic (exact) mass is 459 g/mol. The number of rotatable bonds is 2. The van der Waals surface area contributed by atoms with E-state index in [1.807, 2.05) is 0 Å². The van der Waals surface area contributed by atoms with E-state index in [0.29, 0.717) is 12.0 Å². The zero-order chi connectivity index (χ0) is 23.8. The number of hydrogen-bond acceptors (Lipinski definition) is 3. The van der Waals surface area contributed by atoms with Gasteiger partial charge in [-0.2, -0.15) is 13.2 Å². The maximum atomic E-state index is 13.5. The van der Waals surface area contributed by atoms with Crippen molar-refractivity contribution >= 4 is 0 Å². The first kappa shape index (κ1) is 22.9. The molecule has 33 heavy (non-hydrogen) atoms. The molecule has 1 aromatic heterocycles. The molecular weight excluding hydrogens is 427 g/mol. The van der Waals surface area contributed by atoms with Gasteiger partial charge in [-0.15, -0.1) is 0 Å². The van der Waals surface area contributed by atoms with Crippen molar-refractivity contribution in [2.75, 3.05) is 0 Å². The van der Waals surface area contributed by atoms with Gasteiger partial charge in [0.2, 0.25) is 0 Å². The molecule has 0 bridgehead atoms. The van der Waals surface area contributed by atoms with Crippen molar-refractivity contribution in [1.82, 2.24) is 4.98 Å². The topological polar surface area (TPSA) is 42.4 Å². The highest BCUT2D eigenvalue weighted by molar-refractivity contribution is 5.54. The lowest BCUT2D eigenvalue weighted by atomic mass is 9.70. The Bertz CT molecular complexity index is 1080. The minimum absolute atomic E-state index is 0.0648. The van der Waals surface area contributed by atoms with Gasteiger partial charge in [-0.1, -0.05) is 52.7 Å². The van der Waals surface area contributed by atoms with Crippen LogP contribution in [-0.2, 0) is 22.9 Å². The van der Waals surface area contributed by atoms with E-state index in [1.165, 1.54) is 12.1 Å². The van der Waals surface area contributed by atoms with E-state index in [1.54, 1.807) is 6.07 Å². The van der Waals surface area contributed by atoms with Crippen LogP contribution in [-0.4, -0.2) is 10.1 Å². The smallest absolute Gasteiger partial charge is 0.388 e. The molecule has 0 saturated heterocycles. The molecule has 2 aliphatic carbocycles. The highest BCUT2D eigenvalue weighted by atomic mass is 19.4. The number of aliphatic hydroxyl groups excluding tert-OH is 1. The molecule has 5 rings (SSSR count). The Kier molecular flexibility index (Phi) is 5.22. The molecule has 3 aliphatic rings. The molecule has 3 nitrogen and oxygen atoms in total. The van der Waals surface area contributed by atoms with Crippen molar-refractivity contribution in [3.8, 4) is 0 Å². The fourth-order valence-corrected chi connectivity index (χ4v) is 6.29. The number of aromatic nitrogens is 1. The predicted molar refractivity (Wildman–Crippen MR) is 120 cm³/mol.